The van der Waals surface area contributed by atoms with Gasteiger partial charge in [0, 0.05) is 18.0 Å². The second-order valence-electron chi connectivity index (χ2n) is 3.44. The highest BCUT2D eigenvalue weighted by molar-refractivity contribution is 5.72. The highest BCUT2D eigenvalue weighted by Crippen LogP contribution is 2.30. The van der Waals surface area contributed by atoms with Crippen molar-refractivity contribution in [1.82, 2.24) is 15.2 Å². The zero-order valence-corrected chi connectivity index (χ0v) is 8.89. The van der Waals surface area contributed by atoms with Crippen LogP contribution in [0.3, 0.4) is 0 Å². The maximum Gasteiger partial charge on any atom is 0.295 e. The molecule has 0 aromatic carbocycles. The standard InChI is InChI=1S/C10H10N4O2/c1-6-9(7(2)13-12-6)10-8(14(15)16)4-3-5-11-10/h3-5H,1-2H3,(H,12,13). The van der Waals surface area contributed by atoms with Crippen LogP contribution >= 0.6 is 0 Å². The van der Waals surface area contributed by atoms with Crippen molar-refractivity contribution >= 4 is 5.69 Å². The van der Waals surface area contributed by atoms with E-state index in [4.69, 9.17) is 0 Å². The molecular formula is C10H10N4O2. The fraction of sp³-hybridized carbons (Fsp3) is 0.200. The number of hydrogen-bond donors (Lipinski definition) is 1. The van der Waals surface area contributed by atoms with E-state index in [9.17, 15) is 10.1 Å². The van der Waals surface area contributed by atoms with Crippen LogP contribution in [0, 0.1) is 24.0 Å². The van der Waals surface area contributed by atoms with Crippen molar-refractivity contribution in [3.8, 4) is 11.3 Å². The molecule has 0 saturated carbocycles. The Morgan fingerprint density at radius 2 is 2.19 bits per heavy atom. The van der Waals surface area contributed by atoms with Crippen molar-refractivity contribution < 1.29 is 4.92 Å². The molecule has 0 radical (unpaired) electrons. The molecule has 2 heterocycles. The molecule has 0 atom stereocenters. The predicted molar refractivity (Wildman–Crippen MR) is 57.9 cm³/mol. The van der Waals surface area contributed by atoms with Crippen molar-refractivity contribution in [2.24, 2.45) is 0 Å². The molecule has 0 unspecified atom stereocenters. The van der Waals surface area contributed by atoms with E-state index in [0.29, 0.717) is 17.0 Å². The lowest BCUT2D eigenvalue weighted by atomic mass is 10.1. The Labute approximate surface area is 91.5 Å². The highest BCUT2D eigenvalue weighted by Gasteiger charge is 2.20. The minimum Gasteiger partial charge on any atom is -0.282 e. The third-order valence-electron chi connectivity index (χ3n) is 2.35. The number of aryl methyl sites for hydroxylation is 2. The molecule has 2 aromatic heterocycles. The quantitative estimate of drug-likeness (QED) is 0.617. The average molecular weight is 218 g/mol. The van der Waals surface area contributed by atoms with Gasteiger partial charge in [0.1, 0.15) is 0 Å². The molecule has 1 N–H and O–H groups in total. The van der Waals surface area contributed by atoms with Crippen molar-refractivity contribution in [2.75, 3.05) is 0 Å². The van der Waals surface area contributed by atoms with Crippen LogP contribution < -0.4 is 0 Å². The fourth-order valence-corrected chi connectivity index (χ4v) is 1.64. The first-order valence-electron chi connectivity index (χ1n) is 4.72. The summed E-state index contributed by atoms with van der Waals surface area (Å²) in [5, 5.41) is 17.7. The van der Waals surface area contributed by atoms with Crippen LogP contribution in [0.1, 0.15) is 11.4 Å². The molecule has 0 amide bonds. The van der Waals surface area contributed by atoms with Crippen LogP contribution in [0.5, 0.6) is 0 Å². The first kappa shape index (κ1) is 10.3. The van der Waals surface area contributed by atoms with E-state index in [0.717, 1.165) is 5.69 Å². The van der Waals surface area contributed by atoms with Crippen molar-refractivity contribution in [1.29, 1.82) is 0 Å². The van der Waals surface area contributed by atoms with Crippen molar-refractivity contribution in [3.05, 3.63) is 39.8 Å². The Morgan fingerprint density at radius 1 is 1.44 bits per heavy atom. The first-order valence-corrected chi connectivity index (χ1v) is 4.72. The highest BCUT2D eigenvalue weighted by atomic mass is 16.6. The number of aromatic amines is 1. The average Bonchev–Trinajstić information content (AvgIpc) is 2.58. The molecule has 0 aliphatic rings. The molecule has 6 nitrogen and oxygen atoms in total. The minimum atomic E-state index is -0.436. The Balaban J connectivity index is 2.69. The number of rotatable bonds is 2. The molecule has 0 aliphatic heterocycles. The SMILES string of the molecule is Cc1n[nH]c(C)c1-c1ncccc1[N+](=O)[O-]. The van der Waals surface area contributed by atoms with Gasteiger partial charge in [0.2, 0.25) is 0 Å². The summed E-state index contributed by atoms with van der Waals surface area (Å²) in [5.41, 5.74) is 2.54. The largest absolute Gasteiger partial charge is 0.295 e. The summed E-state index contributed by atoms with van der Waals surface area (Å²) in [6.45, 7) is 3.60. The van der Waals surface area contributed by atoms with E-state index in [1.165, 1.54) is 12.3 Å². The summed E-state index contributed by atoms with van der Waals surface area (Å²) >= 11 is 0. The van der Waals surface area contributed by atoms with Crippen LogP contribution in [0.2, 0.25) is 0 Å². The van der Waals surface area contributed by atoms with Crippen LogP contribution in [0.15, 0.2) is 18.3 Å². The summed E-state index contributed by atoms with van der Waals surface area (Å²) in [6.07, 6.45) is 1.54. The van der Waals surface area contributed by atoms with E-state index in [1.807, 2.05) is 6.92 Å². The summed E-state index contributed by atoms with van der Waals surface area (Å²) < 4.78 is 0. The van der Waals surface area contributed by atoms with E-state index < -0.39 is 4.92 Å². The van der Waals surface area contributed by atoms with Gasteiger partial charge in [0.25, 0.3) is 5.69 Å². The van der Waals surface area contributed by atoms with Gasteiger partial charge in [-0.05, 0) is 19.9 Å². The number of aromatic nitrogens is 3. The monoisotopic (exact) mass is 218 g/mol. The van der Waals surface area contributed by atoms with Gasteiger partial charge in [0.05, 0.1) is 16.2 Å². The zero-order chi connectivity index (χ0) is 11.7. The number of H-pyrrole nitrogens is 1. The Kier molecular flexibility index (Phi) is 2.40. The number of pyridine rings is 1. The summed E-state index contributed by atoms with van der Waals surface area (Å²) in [6, 6.07) is 2.99. The third-order valence-corrected chi connectivity index (χ3v) is 2.35. The maximum atomic E-state index is 10.9. The van der Waals surface area contributed by atoms with Crippen molar-refractivity contribution in [3.63, 3.8) is 0 Å². The van der Waals surface area contributed by atoms with Gasteiger partial charge in [-0.25, -0.2) is 4.98 Å². The van der Waals surface area contributed by atoms with Crippen molar-refractivity contribution in [2.45, 2.75) is 13.8 Å². The number of nitro groups is 1. The predicted octanol–water partition coefficient (Wildman–Crippen LogP) is 2.00. The molecule has 0 bridgehead atoms. The van der Waals surface area contributed by atoms with Gasteiger partial charge >= 0.3 is 0 Å². The van der Waals surface area contributed by atoms with E-state index in [2.05, 4.69) is 15.2 Å². The maximum absolute atomic E-state index is 10.9. The second kappa shape index (κ2) is 3.73. The smallest absolute Gasteiger partial charge is 0.282 e. The lowest BCUT2D eigenvalue weighted by molar-refractivity contribution is -0.384. The molecule has 0 saturated heterocycles. The number of nitrogens with one attached hydrogen (secondary N) is 1. The molecule has 16 heavy (non-hydrogen) atoms. The molecule has 0 aliphatic carbocycles. The van der Waals surface area contributed by atoms with Gasteiger partial charge in [-0.2, -0.15) is 5.10 Å². The van der Waals surface area contributed by atoms with Crippen LogP contribution in [0.4, 0.5) is 5.69 Å². The molecular weight excluding hydrogens is 208 g/mol. The van der Waals surface area contributed by atoms with Gasteiger partial charge in [0.15, 0.2) is 5.69 Å². The molecule has 2 rings (SSSR count). The van der Waals surface area contributed by atoms with Gasteiger partial charge in [-0.1, -0.05) is 0 Å². The molecule has 82 valence electrons. The first-order chi connectivity index (χ1) is 7.61. The Bertz CT molecular complexity index is 528. The Morgan fingerprint density at radius 3 is 2.75 bits per heavy atom. The van der Waals surface area contributed by atoms with Gasteiger partial charge in [-0.3, -0.25) is 15.2 Å². The van der Waals surface area contributed by atoms with Crippen LogP contribution in [-0.4, -0.2) is 20.1 Å². The van der Waals surface area contributed by atoms with Gasteiger partial charge in [-0.15, -0.1) is 0 Å². The minimum absolute atomic E-state index is 0.00454. The molecule has 0 fully saturated rings. The van der Waals surface area contributed by atoms with E-state index >= 15 is 0 Å². The zero-order valence-electron chi connectivity index (χ0n) is 8.89. The third kappa shape index (κ3) is 1.54. The molecule has 0 spiro atoms. The van der Waals surface area contributed by atoms with Crippen LogP contribution in [-0.2, 0) is 0 Å². The van der Waals surface area contributed by atoms with E-state index in [-0.39, 0.29) is 5.69 Å². The van der Waals surface area contributed by atoms with E-state index in [1.54, 1.807) is 13.0 Å². The summed E-state index contributed by atoms with van der Waals surface area (Å²) in [5.74, 6) is 0. The lowest BCUT2D eigenvalue weighted by Crippen LogP contribution is -1.95. The number of hydrogen-bond acceptors (Lipinski definition) is 4. The molecule has 2 aromatic rings. The normalized spacial score (nSPS) is 10.4. The van der Waals surface area contributed by atoms with Gasteiger partial charge < -0.3 is 0 Å². The fourth-order valence-electron chi connectivity index (χ4n) is 1.64. The Hall–Kier alpha value is -2.24. The summed E-state index contributed by atoms with van der Waals surface area (Å²) in [7, 11) is 0. The lowest BCUT2D eigenvalue weighted by Gasteiger charge is -2.01. The second-order valence-corrected chi connectivity index (χ2v) is 3.44. The number of nitrogens with zero attached hydrogens (tertiary/aromatic N) is 3. The summed E-state index contributed by atoms with van der Waals surface area (Å²) in [4.78, 5) is 14.5. The van der Waals surface area contributed by atoms with Crippen LogP contribution in [0.25, 0.3) is 11.3 Å². The molecule has 6 heteroatoms. The topological polar surface area (TPSA) is 84.7 Å².